The fourth-order valence-electron chi connectivity index (χ4n) is 9.83. The van der Waals surface area contributed by atoms with Gasteiger partial charge in [0.25, 0.3) is 0 Å². The van der Waals surface area contributed by atoms with Gasteiger partial charge in [0.05, 0.1) is 277 Å². The predicted octanol–water partition coefficient (Wildman–Crippen LogP) is 11.2. The Labute approximate surface area is 632 Å². The molecule has 0 saturated carbocycles. The molecule has 0 unspecified atom stereocenters. The van der Waals surface area contributed by atoms with Crippen LogP contribution >= 0.6 is 8.25 Å². The van der Waals surface area contributed by atoms with Crippen LogP contribution < -0.4 is 18.9 Å². The quantitative estimate of drug-likeness (QED) is 0.0293. The molecule has 610 valence electrons. The Kier molecular flexibility index (Phi) is 62.6. The first-order chi connectivity index (χ1) is 52.5. The average molecular weight is 1530 g/mol. The number of aromatic nitrogens is 6. The van der Waals surface area contributed by atoms with Crippen LogP contribution in [0.25, 0.3) is 0 Å². The molecule has 0 amide bonds. The third-order valence-corrected chi connectivity index (χ3v) is 16.3. The molecule has 2 aromatic heterocycles. The zero-order valence-electron chi connectivity index (χ0n) is 64.8. The zero-order valence-corrected chi connectivity index (χ0v) is 65.8. The van der Waals surface area contributed by atoms with E-state index in [4.69, 9.17) is 104 Å². The van der Waals surface area contributed by atoms with Crippen molar-refractivity contribution in [2.45, 2.75) is 157 Å². The SMILES string of the molecule is CCCCCCOc1cc(Cn2cc(COCCOCCOCCOCCOCCOCCOCCOCCO[PH](=O)OCCOCCOCCOCCOCCOCCOCCOCCOCc3cn(Cc4cc(OCCCCCC)cc(OCCCCCC)c4)nn3)nn2)cc(OCCCCCC)c1. The van der Waals surface area contributed by atoms with Crippen molar-refractivity contribution in [2.75, 3.05) is 238 Å². The molecule has 4 rings (SSSR count). The molecule has 0 saturated heterocycles. The van der Waals surface area contributed by atoms with Crippen molar-refractivity contribution in [2.24, 2.45) is 0 Å². The summed E-state index contributed by atoms with van der Waals surface area (Å²) in [6.07, 6.45) is 22.3. The Morgan fingerprint density at radius 1 is 0.264 bits per heavy atom. The molecule has 0 atom stereocenters. The summed E-state index contributed by atoms with van der Waals surface area (Å²) in [6, 6.07) is 12.2. The average Bonchev–Trinajstić information content (AvgIpc) is 1.45. The van der Waals surface area contributed by atoms with Crippen LogP contribution in [0.15, 0.2) is 48.8 Å². The van der Waals surface area contributed by atoms with Crippen LogP contribution in [0.5, 0.6) is 23.0 Å². The van der Waals surface area contributed by atoms with Gasteiger partial charge in [0.1, 0.15) is 34.4 Å². The van der Waals surface area contributed by atoms with E-state index in [-0.39, 0.29) is 26.4 Å². The Hall–Kier alpha value is -4.57. The molecular formula is C76H133N6O23P. The number of unbranched alkanes of at least 4 members (excludes halogenated alkanes) is 12. The molecular weight excluding hydrogens is 1400 g/mol. The van der Waals surface area contributed by atoms with Crippen molar-refractivity contribution >= 4 is 8.25 Å². The maximum Gasteiger partial charge on any atom is 0.319 e. The summed E-state index contributed by atoms with van der Waals surface area (Å²) in [7, 11) is -2.65. The van der Waals surface area contributed by atoms with Gasteiger partial charge in [0.15, 0.2) is 0 Å². The van der Waals surface area contributed by atoms with Crippen LogP contribution in [0.3, 0.4) is 0 Å². The third kappa shape index (κ3) is 55.8. The van der Waals surface area contributed by atoms with Crippen molar-refractivity contribution in [3.8, 4) is 23.0 Å². The number of hydrogen-bond acceptors (Lipinski definition) is 27. The highest BCUT2D eigenvalue weighted by Gasteiger charge is 2.12. The molecule has 0 bridgehead atoms. The van der Waals surface area contributed by atoms with E-state index in [0.717, 1.165) is 71.2 Å². The Balaban J connectivity index is 0.783. The second-order valence-corrected chi connectivity index (χ2v) is 25.8. The minimum atomic E-state index is -2.65. The van der Waals surface area contributed by atoms with E-state index in [9.17, 15) is 4.57 Å². The Morgan fingerprint density at radius 2 is 0.481 bits per heavy atom. The van der Waals surface area contributed by atoms with Gasteiger partial charge in [-0.1, -0.05) is 115 Å². The van der Waals surface area contributed by atoms with Crippen molar-refractivity contribution in [1.82, 2.24) is 30.0 Å². The summed E-state index contributed by atoms with van der Waals surface area (Å²) in [4.78, 5) is 0. The topological polar surface area (TPSA) is 282 Å². The fraction of sp³-hybridized carbons (Fsp3) is 0.789. The molecule has 4 aromatic rings. The van der Waals surface area contributed by atoms with Gasteiger partial charge in [0.2, 0.25) is 0 Å². The van der Waals surface area contributed by atoms with E-state index in [0.29, 0.717) is 238 Å². The molecule has 106 heavy (non-hydrogen) atoms. The van der Waals surface area contributed by atoms with Gasteiger partial charge in [-0.15, -0.1) is 10.2 Å². The summed E-state index contributed by atoms with van der Waals surface area (Å²) >= 11 is 0. The smallest absolute Gasteiger partial charge is 0.319 e. The normalized spacial score (nSPS) is 11.7. The molecule has 29 nitrogen and oxygen atoms in total. The fourth-order valence-corrected chi connectivity index (χ4v) is 10.4. The molecule has 0 aliphatic carbocycles. The molecule has 0 aliphatic heterocycles. The zero-order chi connectivity index (χ0) is 75.0. The lowest BCUT2D eigenvalue weighted by Crippen LogP contribution is -2.15. The minimum absolute atomic E-state index is 0.139. The first-order valence-electron chi connectivity index (χ1n) is 39.1. The molecule has 30 heteroatoms. The largest absolute Gasteiger partial charge is 0.493 e. The van der Waals surface area contributed by atoms with Crippen molar-refractivity contribution in [3.63, 3.8) is 0 Å². The van der Waals surface area contributed by atoms with Crippen LogP contribution in [-0.2, 0) is 116 Å². The van der Waals surface area contributed by atoms with Gasteiger partial charge in [-0.05, 0) is 61.1 Å². The molecule has 0 radical (unpaired) electrons. The number of nitrogens with zero attached hydrogens (tertiary/aromatic N) is 6. The van der Waals surface area contributed by atoms with Crippen LogP contribution in [0, 0.1) is 0 Å². The lowest BCUT2D eigenvalue weighted by atomic mass is 10.2. The van der Waals surface area contributed by atoms with E-state index in [1.807, 2.05) is 24.5 Å². The van der Waals surface area contributed by atoms with Crippen molar-refractivity contribution in [1.29, 1.82) is 0 Å². The van der Waals surface area contributed by atoms with Gasteiger partial charge in [0, 0.05) is 12.1 Å². The van der Waals surface area contributed by atoms with Gasteiger partial charge < -0.3 is 104 Å². The number of hydrogen-bond donors (Lipinski definition) is 0. The number of rotatable bonds is 82. The predicted molar refractivity (Wildman–Crippen MR) is 401 cm³/mol. The lowest BCUT2D eigenvalue weighted by molar-refractivity contribution is -0.0245. The van der Waals surface area contributed by atoms with Crippen LogP contribution in [0.1, 0.15) is 153 Å². The summed E-state index contributed by atoms with van der Waals surface area (Å²) < 4.78 is 140. The Bertz CT molecular complexity index is 2370. The Morgan fingerprint density at radius 3 is 0.708 bits per heavy atom. The summed E-state index contributed by atoms with van der Waals surface area (Å²) in [5.41, 5.74) is 3.58. The summed E-state index contributed by atoms with van der Waals surface area (Å²) in [5.74, 6) is 3.28. The first-order valence-corrected chi connectivity index (χ1v) is 40.3. The second-order valence-electron chi connectivity index (χ2n) is 24.7. The third-order valence-electron chi connectivity index (χ3n) is 15.4. The molecule has 0 spiro atoms. The monoisotopic (exact) mass is 1530 g/mol. The van der Waals surface area contributed by atoms with Crippen LogP contribution in [0.4, 0.5) is 0 Å². The highest BCUT2D eigenvalue weighted by molar-refractivity contribution is 7.33. The molecule has 2 aromatic carbocycles. The molecule has 0 fully saturated rings. The maximum absolute atomic E-state index is 12.0. The summed E-state index contributed by atoms with van der Waals surface area (Å²) in [5, 5.41) is 17.2. The van der Waals surface area contributed by atoms with Crippen LogP contribution in [0.2, 0.25) is 0 Å². The molecule has 0 N–H and O–H groups in total. The van der Waals surface area contributed by atoms with E-state index in [1.54, 1.807) is 9.36 Å². The van der Waals surface area contributed by atoms with Gasteiger partial charge >= 0.3 is 8.25 Å². The van der Waals surface area contributed by atoms with Gasteiger partial charge in [-0.2, -0.15) is 0 Å². The van der Waals surface area contributed by atoms with E-state index >= 15 is 0 Å². The highest BCUT2D eigenvalue weighted by Crippen LogP contribution is 2.27. The molecule has 0 aliphatic rings. The van der Waals surface area contributed by atoms with Crippen molar-refractivity contribution < 1.29 is 108 Å². The first kappa shape index (κ1) is 93.8. The lowest BCUT2D eigenvalue weighted by Gasteiger charge is -2.13. The standard InChI is InChI=1S/C76H133N6O23P/c1-5-9-13-17-21-100-73-57-69(58-74(61-73)101-22-18-14-10-6-2)63-81-65-71(77-79-81)67-98-51-49-94-43-41-90-35-33-86-27-25-84-29-31-88-37-39-92-45-47-96-53-55-104-106(83)105-56-54-97-48-46-93-40-38-89-32-30-85-26-28-87-34-36-91-42-44-95-50-52-99-68-72-66-82(80-78-72)64-70-59-75(102-23-19-15-11-7-3)62-76(60-70)103-24-20-16-12-8-4/h57-62,65-66,106H,5-56,63-64,67-68H2,1-4H3. The number of benzene rings is 2. The van der Waals surface area contributed by atoms with Crippen molar-refractivity contribution in [3.05, 3.63) is 71.3 Å². The van der Waals surface area contributed by atoms with Crippen LogP contribution in [-0.4, -0.2) is 268 Å². The molecule has 2 heterocycles. The van der Waals surface area contributed by atoms with Gasteiger partial charge in [-0.3, -0.25) is 4.57 Å². The minimum Gasteiger partial charge on any atom is -0.493 e. The summed E-state index contributed by atoms with van der Waals surface area (Å²) in [6.45, 7) is 26.5. The second kappa shape index (κ2) is 70.8. The van der Waals surface area contributed by atoms with E-state index in [2.05, 4.69) is 72.6 Å². The van der Waals surface area contributed by atoms with Gasteiger partial charge in [-0.25, -0.2) is 9.36 Å². The van der Waals surface area contributed by atoms with E-state index in [1.165, 1.54) is 77.0 Å². The highest BCUT2D eigenvalue weighted by atomic mass is 31.1. The number of ether oxygens (including phenoxy) is 20. The van der Waals surface area contributed by atoms with E-state index < -0.39 is 8.25 Å². The maximum atomic E-state index is 12.0.